The zero-order valence-corrected chi connectivity index (χ0v) is 19.6. The van der Waals surface area contributed by atoms with E-state index >= 15 is 0 Å². The number of ether oxygens (including phenoxy) is 1. The lowest BCUT2D eigenvalue weighted by Crippen LogP contribution is -2.31. The summed E-state index contributed by atoms with van der Waals surface area (Å²) in [6, 6.07) is 16.5. The molecular formula is C27H23ClFNO5. The first-order valence-electron chi connectivity index (χ1n) is 11.1. The fraction of sp³-hybridized carbons (Fsp3) is 0.185. The molecule has 180 valence electrons. The van der Waals surface area contributed by atoms with Gasteiger partial charge in [0.15, 0.2) is 23.0 Å². The predicted molar refractivity (Wildman–Crippen MR) is 130 cm³/mol. The molecule has 0 fully saturated rings. The molecule has 0 bridgehead atoms. The molecule has 6 nitrogen and oxygen atoms in total. The first-order chi connectivity index (χ1) is 16.8. The number of phenols is 1. The van der Waals surface area contributed by atoms with Crippen molar-refractivity contribution >= 4 is 29.0 Å². The van der Waals surface area contributed by atoms with E-state index in [1.54, 1.807) is 6.92 Å². The smallest absolute Gasteiger partial charge is 0.294 e. The zero-order chi connectivity index (χ0) is 25.1. The minimum Gasteiger partial charge on any atom is -0.504 e. The largest absolute Gasteiger partial charge is 0.504 e. The number of aliphatic hydroxyl groups is 1. The molecule has 1 heterocycles. The number of nitrogens with zero attached hydrogens (tertiary/aromatic N) is 1. The number of Topliss-reactive ketones (excluding diaryl/α,β-unsaturated/α-hetero) is 1. The molecule has 8 heteroatoms. The summed E-state index contributed by atoms with van der Waals surface area (Å²) < 4.78 is 19.3. The van der Waals surface area contributed by atoms with Crippen molar-refractivity contribution in [2.75, 3.05) is 11.5 Å². The number of aromatic hydroxyl groups is 1. The van der Waals surface area contributed by atoms with Crippen molar-refractivity contribution in [3.05, 3.63) is 100 Å². The molecule has 0 aromatic heterocycles. The summed E-state index contributed by atoms with van der Waals surface area (Å²) in [6.45, 7) is 2.03. The Morgan fingerprint density at radius 1 is 1.09 bits per heavy atom. The molecule has 35 heavy (non-hydrogen) atoms. The standard InChI is InChI=1S/C27H23ClFNO5/c1-2-35-23-14-17(9-13-21(23)31)25-24(22(32)12-8-16-6-4-3-5-7-16)26(33)27(34)30(25)18-10-11-20(29)19(28)15-18/h3-7,9-11,13-15,25,31,33H,2,8,12H2,1H3. The van der Waals surface area contributed by atoms with Gasteiger partial charge < -0.3 is 14.9 Å². The van der Waals surface area contributed by atoms with E-state index in [9.17, 15) is 24.2 Å². The maximum absolute atomic E-state index is 13.8. The molecule has 1 aliphatic rings. The number of anilines is 1. The Morgan fingerprint density at radius 2 is 1.83 bits per heavy atom. The topological polar surface area (TPSA) is 87.1 Å². The summed E-state index contributed by atoms with van der Waals surface area (Å²) in [5.41, 5.74) is 1.48. The second-order valence-electron chi connectivity index (χ2n) is 8.01. The molecule has 3 aromatic carbocycles. The van der Waals surface area contributed by atoms with Gasteiger partial charge in [-0.2, -0.15) is 0 Å². The third-order valence-electron chi connectivity index (χ3n) is 5.77. The summed E-state index contributed by atoms with van der Waals surface area (Å²) in [5, 5.41) is 20.8. The highest BCUT2D eigenvalue weighted by Gasteiger charge is 2.44. The Labute approximate surface area is 206 Å². The highest BCUT2D eigenvalue weighted by atomic mass is 35.5. The van der Waals surface area contributed by atoms with Crippen molar-refractivity contribution in [1.29, 1.82) is 0 Å². The number of rotatable bonds is 8. The Bertz CT molecular complexity index is 1310. The minimum atomic E-state index is -1.04. The van der Waals surface area contributed by atoms with Crippen LogP contribution in [0.25, 0.3) is 0 Å². The van der Waals surface area contributed by atoms with E-state index in [2.05, 4.69) is 0 Å². The number of benzene rings is 3. The summed E-state index contributed by atoms with van der Waals surface area (Å²) in [4.78, 5) is 27.8. The van der Waals surface area contributed by atoms with E-state index in [0.717, 1.165) is 11.6 Å². The van der Waals surface area contributed by atoms with Crippen LogP contribution < -0.4 is 9.64 Å². The SMILES string of the molecule is CCOc1cc(C2C(C(=O)CCc3ccccc3)=C(O)C(=O)N2c2ccc(F)c(Cl)c2)ccc1O. The maximum Gasteiger partial charge on any atom is 0.294 e. The van der Waals surface area contributed by atoms with Crippen molar-refractivity contribution in [3.63, 3.8) is 0 Å². The molecule has 1 unspecified atom stereocenters. The van der Waals surface area contributed by atoms with Crippen molar-refractivity contribution in [2.24, 2.45) is 0 Å². The predicted octanol–water partition coefficient (Wildman–Crippen LogP) is 5.69. The van der Waals surface area contributed by atoms with Crippen molar-refractivity contribution in [1.82, 2.24) is 0 Å². The lowest BCUT2D eigenvalue weighted by Gasteiger charge is -2.27. The summed E-state index contributed by atoms with van der Waals surface area (Å²) in [6.07, 6.45) is 0.473. The van der Waals surface area contributed by atoms with E-state index in [4.69, 9.17) is 16.3 Å². The van der Waals surface area contributed by atoms with Crippen molar-refractivity contribution in [2.45, 2.75) is 25.8 Å². The van der Waals surface area contributed by atoms with Crippen LogP contribution in [-0.4, -0.2) is 28.5 Å². The second-order valence-corrected chi connectivity index (χ2v) is 8.41. The molecule has 0 spiro atoms. The van der Waals surface area contributed by atoms with Crippen molar-refractivity contribution in [3.8, 4) is 11.5 Å². The Morgan fingerprint density at radius 3 is 2.51 bits per heavy atom. The van der Waals surface area contributed by atoms with Gasteiger partial charge in [0.1, 0.15) is 5.82 Å². The zero-order valence-electron chi connectivity index (χ0n) is 18.9. The normalized spacial score (nSPS) is 15.6. The number of aryl methyl sites for hydroxylation is 1. The lowest BCUT2D eigenvalue weighted by atomic mass is 9.92. The van der Waals surface area contributed by atoms with E-state index in [1.165, 1.54) is 35.2 Å². The molecule has 3 aromatic rings. The van der Waals surface area contributed by atoms with Gasteiger partial charge in [0.25, 0.3) is 5.91 Å². The molecular weight excluding hydrogens is 473 g/mol. The molecule has 1 aliphatic heterocycles. The van der Waals surface area contributed by atoms with Gasteiger partial charge in [-0.3, -0.25) is 14.5 Å². The van der Waals surface area contributed by atoms with E-state index < -0.39 is 29.3 Å². The first-order valence-corrected chi connectivity index (χ1v) is 11.4. The lowest BCUT2D eigenvalue weighted by molar-refractivity contribution is -0.118. The third-order valence-corrected chi connectivity index (χ3v) is 6.06. The number of halogens is 2. The van der Waals surface area contributed by atoms with Gasteiger partial charge in [-0.05, 0) is 54.8 Å². The molecule has 0 saturated heterocycles. The minimum absolute atomic E-state index is 0.0571. The van der Waals surface area contributed by atoms with Gasteiger partial charge in [-0.25, -0.2) is 4.39 Å². The summed E-state index contributed by atoms with van der Waals surface area (Å²) in [5.74, 6) is -2.52. The van der Waals surface area contributed by atoms with Gasteiger partial charge in [-0.15, -0.1) is 0 Å². The van der Waals surface area contributed by atoms with Crippen LogP contribution in [-0.2, 0) is 16.0 Å². The first kappa shape index (κ1) is 24.3. The van der Waals surface area contributed by atoms with Crippen LogP contribution in [0.4, 0.5) is 10.1 Å². The molecule has 1 amide bonds. The number of phenolic OH excluding ortho intramolecular Hbond substituents is 1. The molecule has 0 radical (unpaired) electrons. The van der Waals surface area contributed by atoms with Gasteiger partial charge in [0, 0.05) is 12.1 Å². The Kier molecular flexibility index (Phi) is 7.07. The van der Waals surface area contributed by atoms with Crippen LogP contribution in [0, 0.1) is 5.82 Å². The number of carbonyl (C=O) groups excluding carboxylic acids is 2. The number of carbonyl (C=O) groups is 2. The second kappa shape index (κ2) is 10.2. The number of aliphatic hydroxyl groups excluding tert-OH is 1. The average Bonchev–Trinajstić information content (AvgIpc) is 3.12. The third kappa shape index (κ3) is 4.86. The highest BCUT2D eigenvalue weighted by Crippen LogP contribution is 2.44. The highest BCUT2D eigenvalue weighted by molar-refractivity contribution is 6.31. The number of hydrogen-bond donors (Lipinski definition) is 2. The van der Waals surface area contributed by atoms with Crippen LogP contribution in [0.1, 0.15) is 30.5 Å². The number of hydrogen-bond acceptors (Lipinski definition) is 5. The maximum atomic E-state index is 13.8. The molecule has 2 N–H and O–H groups in total. The van der Waals surface area contributed by atoms with Crippen LogP contribution in [0.3, 0.4) is 0 Å². The van der Waals surface area contributed by atoms with E-state index in [0.29, 0.717) is 12.0 Å². The van der Waals surface area contributed by atoms with Gasteiger partial charge in [0.2, 0.25) is 0 Å². The Hall–Kier alpha value is -3.84. The fourth-order valence-corrected chi connectivity index (χ4v) is 4.29. The van der Waals surface area contributed by atoms with Crippen LogP contribution >= 0.6 is 11.6 Å². The average molecular weight is 496 g/mol. The molecule has 1 atom stereocenters. The monoisotopic (exact) mass is 495 g/mol. The Balaban J connectivity index is 1.78. The molecule has 4 rings (SSSR count). The van der Waals surface area contributed by atoms with Gasteiger partial charge in [0.05, 0.1) is 23.2 Å². The van der Waals surface area contributed by atoms with Crippen molar-refractivity contribution < 1.29 is 28.9 Å². The quantitative estimate of drug-likeness (QED) is 0.419. The van der Waals surface area contributed by atoms with Gasteiger partial charge in [-0.1, -0.05) is 48.0 Å². The van der Waals surface area contributed by atoms with E-state index in [1.807, 2.05) is 30.3 Å². The van der Waals surface area contributed by atoms with Crippen LogP contribution in [0.2, 0.25) is 5.02 Å². The van der Waals surface area contributed by atoms with Crippen LogP contribution in [0.5, 0.6) is 11.5 Å². The number of amides is 1. The number of ketones is 1. The van der Waals surface area contributed by atoms with Crippen LogP contribution in [0.15, 0.2) is 78.1 Å². The van der Waals surface area contributed by atoms with E-state index in [-0.39, 0.29) is 40.8 Å². The fourth-order valence-electron chi connectivity index (χ4n) is 4.12. The summed E-state index contributed by atoms with van der Waals surface area (Å²) in [7, 11) is 0. The summed E-state index contributed by atoms with van der Waals surface area (Å²) >= 11 is 5.96. The van der Waals surface area contributed by atoms with Gasteiger partial charge >= 0.3 is 0 Å². The molecule has 0 aliphatic carbocycles. The molecule has 0 saturated carbocycles.